The number of benzene rings is 2. The Labute approximate surface area is 241 Å². The fourth-order valence-corrected chi connectivity index (χ4v) is 5.64. The van der Waals surface area contributed by atoms with E-state index in [0.29, 0.717) is 36.1 Å². The van der Waals surface area contributed by atoms with Gasteiger partial charge in [0.05, 0.1) is 11.0 Å². The van der Waals surface area contributed by atoms with Crippen LogP contribution in [0.15, 0.2) is 51.7 Å². The Morgan fingerprint density at radius 3 is 2.42 bits per heavy atom. The fourth-order valence-electron chi connectivity index (χ4n) is 5.19. The number of H-pyrrole nitrogens is 2. The summed E-state index contributed by atoms with van der Waals surface area (Å²) < 4.78 is 6.18. The van der Waals surface area contributed by atoms with E-state index in [9.17, 15) is 19.2 Å². The summed E-state index contributed by atoms with van der Waals surface area (Å²) >= 11 is 3.47. The van der Waals surface area contributed by atoms with Crippen molar-refractivity contribution in [3.63, 3.8) is 0 Å². The smallest absolute Gasteiger partial charge is 0.407 e. The first-order chi connectivity index (χ1) is 18.9. The monoisotopic (exact) mass is 613 g/mol. The quantitative estimate of drug-likeness (QED) is 0.297. The van der Waals surface area contributed by atoms with Gasteiger partial charge >= 0.3 is 11.8 Å². The minimum Gasteiger partial charge on any atom is -0.444 e. The summed E-state index contributed by atoms with van der Waals surface area (Å²) in [6, 6.07) is 11.7. The SMILES string of the molecule is CC(C)(C)OC(=O)NCC1CCC(C(=O)N(c2ccc3[nH]c(=O)[nH]c3c2)[C@@H](Cc2cccc(Br)c2)C(N)=O)CC1. The predicted molar refractivity (Wildman–Crippen MR) is 157 cm³/mol. The van der Waals surface area contributed by atoms with Gasteiger partial charge in [-0.1, -0.05) is 28.1 Å². The van der Waals surface area contributed by atoms with Crippen LogP contribution in [0, 0.1) is 11.8 Å². The number of alkyl carbamates (subject to hydrolysis) is 1. The van der Waals surface area contributed by atoms with Gasteiger partial charge in [-0.05, 0) is 88.3 Å². The largest absolute Gasteiger partial charge is 0.444 e. The van der Waals surface area contributed by atoms with Gasteiger partial charge in [-0.25, -0.2) is 9.59 Å². The van der Waals surface area contributed by atoms with E-state index in [1.165, 1.54) is 4.90 Å². The van der Waals surface area contributed by atoms with E-state index in [1.807, 2.05) is 45.0 Å². The number of primary amides is 1. The molecule has 5 N–H and O–H groups in total. The molecular formula is C29H36BrN5O5. The third-order valence-corrected chi connectivity index (χ3v) is 7.60. The molecule has 214 valence electrons. The van der Waals surface area contributed by atoms with E-state index in [0.717, 1.165) is 22.9 Å². The number of nitrogens with one attached hydrogen (secondary N) is 3. The van der Waals surface area contributed by atoms with Gasteiger partial charge in [0.2, 0.25) is 11.8 Å². The zero-order valence-electron chi connectivity index (χ0n) is 23.0. The molecule has 1 atom stereocenters. The molecule has 4 rings (SSSR count). The van der Waals surface area contributed by atoms with Crippen molar-refractivity contribution in [3.05, 3.63) is 63.0 Å². The Morgan fingerprint density at radius 1 is 1.07 bits per heavy atom. The number of nitrogens with two attached hydrogens (primary N) is 1. The fraction of sp³-hybridized carbons (Fsp3) is 0.448. The van der Waals surface area contributed by atoms with Crippen molar-refractivity contribution < 1.29 is 19.1 Å². The van der Waals surface area contributed by atoms with Crippen molar-refractivity contribution in [2.45, 2.75) is 64.5 Å². The van der Waals surface area contributed by atoms with Crippen molar-refractivity contribution in [3.8, 4) is 0 Å². The number of nitrogens with zero attached hydrogens (tertiary/aromatic N) is 1. The number of rotatable bonds is 8. The van der Waals surface area contributed by atoms with Gasteiger partial charge in [0.1, 0.15) is 11.6 Å². The van der Waals surface area contributed by atoms with Crippen molar-refractivity contribution in [2.75, 3.05) is 11.4 Å². The summed E-state index contributed by atoms with van der Waals surface area (Å²) in [7, 11) is 0. The molecule has 0 saturated heterocycles. The molecule has 11 heteroatoms. The van der Waals surface area contributed by atoms with E-state index in [1.54, 1.807) is 18.2 Å². The Kier molecular flexibility index (Phi) is 9.02. The molecule has 1 heterocycles. The molecule has 0 radical (unpaired) electrons. The maximum Gasteiger partial charge on any atom is 0.407 e. The molecule has 1 fully saturated rings. The number of ether oxygens (including phenoxy) is 1. The molecule has 0 bridgehead atoms. The summed E-state index contributed by atoms with van der Waals surface area (Å²) in [6.45, 7) is 5.92. The van der Waals surface area contributed by atoms with Crippen LogP contribution in [0.5, 0.6) is 0 Å². The minimum atomic E-state index is -0.934. The first-order valence-corrected chi connectivity index (χ1v) is 14.2. The Bertz CT molecular complexity index is 1430. The van der Waals surface area contributed by atoms with Gasteiger partial charge < -0.3 is 25.8 Å². The molecule has 40 heavy (non-hydrogen) atoms. The van der Waals surface area contributed by atoms with Crippen LogP contribution >= 0.6 is 15.9 Å². The van der Waals surface area contributed by atoms with Crippen LogP contribution in [0.2, 0.25) is 0 Å². The summed E-state index contributed by atoms with van der Waals surface area (Å²) in [5.74, 6) is -0.899. The highest BCUT2D eigenvalue weighted by Gasteiger charge is 2.36. The van der Waals surface area contributed by atoms with Crippen LogP contribution in [-0.4, -0.2) is 46.1 Å². The predicted octanol–water partition coefficient (Wildman–Crippen LogP) is 4.38. The number of carbonyl (C=O) groups excluding carboxylic acids is 3. The number of hydrogen-bond donors (Lipinski definition) is 4. The molecular weight excluding hydrogens is 578 g/mol. The number of anilines is 1. The molecule has 1 aliphatic rings. The normalized spacial score (nSPS) is 18.2. The van der Waals surface area contributed by atoms with Gasteiger partial charge in [0.25, 0.3) is 0 Å². The second-order valence-corrected chi connectivity index (χ2v) is 12.3. The number of imidazole rings is 1. The maximum absolute atomic E-state index is 14.1. The summed E-state index contributed by atoms with van der Waals surface area (Å²) in [5.41, 5.74) is 7.46. The van der Waals surface area contributed by atoms with Crippen LogP contribution in [-0.2, 0) is 20.7 Å². The Morgan fingerprint density at radius 2 is 1.77 bits per heavy atom. The molecule has 3 aromatic rings. The van der Waals surface area contributed by atoms with Crippen LogP contribution in [0.3, 0.4) is 0 Å². The van der Waals surface area contributed by atoms with Crippen molar-refractivity contribution in [2.24, 2.45) is 17.6 Å². The third kappa shape index (κ3) is 7.53. The van der Waals surface area contributed by atoms with E-state index >= 15 is 0 Å². The summed E-state index contributed by atoms with van der Waals surface area (Å²) in [6.07, 6.45) is 2.50. The highest BCUT2D eigenvalue weighted by Crippen LogP contribution is 2.33. The molecule has 2 aromatic carbocycles. The summed E-state index contributed by atoms with van der Waals surface area (Å²) in [5, 5.41) is 2.83. The van der Waals surface area contributed by atoms with Crippen molar-refractivity contribution in [1.29, 1.82) is 0 Å². The van der Waals surface area contributed by atoms with Crippen LogP contribution < -0.4 is 21.6 Å². The number of aromatic nitrogens is 2. The van der Waals surface area contributed by atoms with Crippen LogP contribution in [0.25, 0.3) is 11.0 Å². The maximum atomic E-state index is 14.1. The average molecular weight is 615 g/mol. The highest BCUT2D eigenvalue weighted by molar-refractivity contribution is 9.10. The molecule has 10 nitrogen and oxygen atoms in total. The summed E-state index contributed by atoms with van der Waals surface area (Å²) in [4.78, 5) is 57.8. The Balaban J connectivity index is 1.55. The standard InChI is InChI=1S/C29H36BrN5O5/c1-29(2,3)40-28(39)32-16-17-7-9-19(10-8-17)26(37)35(21-11-12-22-23(15-21)34-27(38)33-22)24(25(31)36)14-18-5-4-6-20(30)13-18/h4-6,11-13,15,17,19,24H,7-10,14,16H2,1-3H3,(H2,31,36)(H,32,39)(H2,33,34,38)/t17?,19?,24-/m0/s1. The van der Waals surface area contributed by atoms with Gasteiger partial charge in [-0.2, -0.15) is 0 Å². The van der Waals surface area contributed by atoms with E-state index in [2.05, 4.69) is 31.2 Å². The first kappa shape index (κ1) is 29.4. The van der Waals surface area contributed by atoms with Crippen molar-refractivity contribution >= 4 is 50.6 Å². The molecule has 1 aliphatic carbocycles. The highest BCUT2D eigenvalue weighted by atomic mass is 79.9. The molecule has 0 unspecified atom stereocenters. The lowest BCUT2D eigenvalue weighted by Crippen LogP contribution is -2.52. The number of aromatic amines is 2. The van der Waals surface area contributed by atoms with Crippen LogP contribution in [0.4, 0.5) is 10.5 Å². The second-order valence-electron chi connectivity index (χ2n) is 11.4. The van der Waals surface area contributed by atoms with Gasteiger partial charge in [-0.15, -0.1) is 0 Å². The molecule has 1 saturated carbocycles. The van der Waals surface area contributed by atoms with E-state index in [4.69, 9.17) is 10.5 Å². The topological polar surface area (TPSA) is 150 Å². The van der Waals surface area contributed by atoms with Crippen molar-refractivity contribution in [1.82, 2.24) is 15.3 Å². The zero-order valence-corrected chi connectivity index (χ0v) is 24.5. The number of halogens is 1. The molecule has 0 aliphatic heterocycles. The number of amides is 3. The third-order valence-electron chi connectivity index (χ3n) is 7.10. The number of fused-ring (bicyclic) bond motifs is 1. The second kappa shape index (κ2) is 12.3. The lowest BCUT2D eigenvalue weighted by Gasteiger charge is -2.36. The number of carbonyl (C=O) groups is 3. The molecule has 3 amide bonds. The van der Waals surface area contributed by atoms with Gasteiger partial charge in [0, 0.05) is 29.0 Å². The minimum absolute atomic E-state index is 0.186. The van der Waals surface area contributed by atoms with Gasteiger partial charge in [0.15, 0.2) is 0 Å². The number of hydrogen-bond acceptors (Lipinski definition) is 5. The van der Waals surface area contributed by atoms with E-state index < -0.39 is 23.6 Å². The lowest BCUT2D eigenvalue weighted by molar-refractivity contribution is -0.127. The van der Waals surface area contributed by atoms with Crippen LogP contribution in [0.1, 0.15) is 52.0 Å². The zero-order chi connectivity index (χ0) is 29.0. The molecule has 1 aromatic heterocycles. The first-order valence-electron chi connectivity index (χ1n) is 13.5. The van der Waals surface area contributed by atoms with E-state index in [-0.39, 0.29) is 29.9 Å². The Hall–Kier alpha value is -3.60. The average Bonchev–Trinajstić information content (AvgIpc) is 3.25. The molecule has 0 spiro atoms. The lowest BCUT2D eigenvalue weighted by atomic mass is 9.81. The van der Waals surface area contributed by atoms with Gasteiger partial charge in [-0.3, -0.25) is 14.5 Å².